The van der Waals surface area contributed by atoms with E-state index in [9.17, 15) is 4.79 Å². The van der Waals surface area contributed by atoms with Crippen LogP contribution in [0.3, 0.4) is 0 Å². The Balaban J connectivity index is 1.90. The lowest BCUT2D eigenvalue weighted by atomic mass is 9.94. The molecular weight excluding hydrogens is 226 g/mol. The normalized spacial score (nSPS) is 30.4. The lowest BCUT2D eigenvalue weighted by Gasteiger charge is -2.26. The topological polar surface area (TPSA) is 38.3 Å². The maximum absolute atomic E-state index is 12.0. The SMILES string of the molecule is CC(C)(CCl)C(=O)NC1CCOC1C1CC1. The summed E-state index contributed by atoms with van der Waals surface area (Å²) in [5.41, 5.74) is -0.488. The first kappa shape index (κ1) is 12.2. The first-order chi connectivity index (χ1) is 7.54. The summed E-state index contributed by atoms with van der Waals surface area (Å²) < 4.78 is 5.69. The molecule has 4 heteroatoms. The number of carbonyl (C=O) groups excluding carboxylic acids is 1. The summed E-state index contributed by atoms with van der Waals surface area (Å²) in [4.78, 5) is 12.0. The lowest BCUT2D eigenvalue weighted by Crippen LogP contribution is -2.47. The van der Waals surface area contributed by atoms with Gasteiger partial charge in [0, 0.05) is 12.5 Å². The molecular formula is C12H20ClNO2. The summed E-state index contributed by atoms with van der Waals surface area (Å²) in [6.45, 7) is 4.52. The number of amides is 1. The van der Waals surface area contributed by atoms with Crippen LogP contribution in [0.4, 0.5) is 0 Å². The Bertz CT molecular complexity index is 276. The number of alkyl halides is 1. The van der Waals surface area contributed by atoms with Crippen LogP contribution in [0.2, 0.25) is 0 Å². The van der Waals surface area contributed by atoms with Crippen molar-refractivity contribution in [1.82, 2.24) is 5.32 Å². The summed E-state index contributed by atoms with van der Waals surface area (Å²) in [5, 5.41) is 3.09. The van der Waals surface area contributed by atoms with Crippen molar-refractivity contribution in [1.29, 1.82) is 0 Å². The minimum absolute atomic E-state index is 0.0450. The van der Waals surface area contributed by atoms with Crippen LogP contribution in [-0.4, -0.2) is 30.5 Å². The highest BCUT2D eigenvalue weighted by molar-refractivity contribution is 6.19. The summed E-state index contributed by atoms with van der Waals surface area (Å²) in [6, 6.07) is 0.197. The molecule has 0 radical (unpaired) electrons. The Labute approximate surface area is 102 Å². The quantitative estimate of drug-likeness (QED) is 0.769. The highest BCUT2D eigenvalue weighted by Gasteiger charge is 2.42. The molecule has 1 heterocycles. The second kappa shape index (κ2) is 4.53. The van der Waals surface area contributed by atoms with Gasteiger partial charge in [-0.15, -0.1) is 11.6 Å². The molecule has 2 unspecified atom stereocenters. The van der Waals surface area contributed by atoms with Gasteiger partial charge in [-0.05, 0) is 39.0 Å². The molecule has 92 valence electrons. The minimum Gasteiger partial charge on any atom is -0.376 e. The van der Waals surface area contributed by atoms with E-state index >= 15 is 0 Å². The third-order valence-corrected chi connectivity index (χ3v) is 4.16. The molecule has 2 fully saturated rings. The van der Waals surface area contributed by atoms with E-state index in [2.05, 4.69) is 5.32 Å². The summed E-state index contributed by atoms with van der Waals surface area (Å²) in [5.74, 6) is 1.07. The van der Waals surface area contributed by atoms with Gasteiger partial charge in [0.25, 0.3) is 0 Å². The Morgan fingerprint density at radius 2 is 2.12 bits per heavy atom. The van der Waals surface area contributed by atoms with Gasteiger partial charge in [0.15, 0.2) is 0 Å². The fourth-order valence-electron chi connectivity index (χ4n) is 2.08. The Morgan fingerprint density at radius 3 is 2.69 bits per heavy atom. The van der Waals surface area contributed by atoms with E-state index in [0.29, 0.717) is 11.8 Å². The molecule has 0 aromatic heterocycles. The Hall–Kier alpha value is -0.280. The van der Waals surface area contributed by atoms with Crippen molar-refractivity contribution in [3.63, 3.8) is 0 Å². The van der Waals surface area contributed by atoms with Gasteiger partial charge >= 0.3 is 0 Å². The van der Waals surface area contributed by atoms with Crippen molar-refractivity contribution in [2.75, 3.05) is 12.5 Å². The molecule has 3 nitrogen and oxygen atoms in total. The van der Waals surface area contributed by atoms with Gasteiger partial charge in [-0.3, -0.25) is 4.79 Å². The first-order valence-electron chi connectivity index (χ1n) is 6.03. The number of halogens is 1. The van der Waals surface area contributed by atoms with Crippen LogP contribution in [-0.2, 0) is 9.53 Å². The van der Waals surface area contributed by atoms with E-state index < -0.39 is 5.41 Å². The van der Waals surface area contributed by atoms with E-state index in [0.717, 1.165) is 13.0 Å². The van der Waals surface area contributed by atoms with Gasteiger partial charge in [-0.2, -0.15) is 0 Å². The van der Waals surface area contributed by atoms with Crippen LogP contribution in [0, 0.1) is 11.3 Å². The van der Waals surface area contributed by atoms with Gasteiger partial charge < -0.3 is 10.1 Å². The molecule has 1 aliphatic carbocycles. The number of hydrogen-bond acceptors (Lipinski definition) is 2. The van der Waals surface area contributed by atoms with Crippen LogP contribution in [0.1, 0.15) is 33.1 Å². The highest BCUT2D eigenvalue weighted by atomic mass is 35.5. The zero-order valence-electron chi connectivity index (χ0n) is 9.96. The van der Waals surface area contributed by atoms with Crippen molar-refractivity contribution in [2.24, 2.45) is 11.3 Å². The molecule has 1 aliphatic heterocycles. The van der Waals surface area contributed by atoms with Crippen molar-refractivity contribution < 1.29 is 9.53 Å². The van der Waals surface area contributed by atoms with Crippen molar-refractivity contribution in [3.05, 3.63) is 0 Å². The predicted octanol–water partition coefficient (Wildman–Crippen LogP) is 1.94. The molecule has 2 atom stereocenters. The molecule has 16 heavy (non-hydrogen) atoms. The third-order valence-electron chi connectivity index (χ3n) is 3.49. The van der Waals surface area contributed by atoms with E-state index in [1.165, 1.54) is 12.8 Å². The molecule has 1 saturated heterocycles. The van der Waals surface area contributed by atoms with E-state index in [4.69, 9.17) is 16.3 Å². The molecule has 0 aromatic rings. The van der Waals surface area contributed by atoms with Crippen molar-refractivity contribution in [3.8, 4) is 0 Å². The predicted molar refractivity (Wildman–Crippen MR) is 63.5 cm³/mol. The molecule has 2 rings (SSSR count). The number of carbonyl (C=O) groups is 1. The maximum atomic E-state index is 12.0. The van der Waals surface area contributed by atoms with E-state index in [1.54, 1.807) is 0 Å². The maximum Gasteiger partial charge on any atom is 0.227 e. The van der Waals surface area contributed by atoms with Gasteiger partial charge in [-0.1, -0.05) is 0 Å². The number of nitrogens with one attached hydrogen (secondary N) is 1. The van der Waals surface area contributed by atoms with Gasteiger partial charge in [0.05, 0.1) is 17.6 Å². The van der Waals surface area contributed by atoms with Crippen molar-refractivity contribution >= 4 is 17.5 Å². The Morgan fingerprint density at radius 1 is 1.44 bits per heavy atom. The number of ether oxygens (including phenoxy) is 1. The van der Waals surface area contributed by atoms with E-state index in [1.807, 2.05) is 13.8 Å². The van der Waals surface area contributed by atoms with Gasteiger partial charge in [0.2, 0.25) is 5.91 Å². The summed E-state index contributed by atoms with van der Waals surface area (Å²) in [7, 11) is 0. The molecule has 1 amide bonds. The second-order valence-electron chi connectivity index (χ2n) is 5.56. The fourth-order valence-corrected chi connectivity index (χ4v) is 2.20. The van der Waals surface area contributed by atoms with E-state index in [-0.39, 0.29) is 18.1 Å². The summed E-state index contributed by atoms with van der Waals surface area (Å²) in [6.07, 6.45) is 3.67. The number of rotatable bonds is 4. The first-order valence-corrected chi connectivity index (χ1v) is 6.56. The lowest BCUT2D eigenvalue weighted by molar-refractivity contribution is -0.129. The fraction of sp³-hybridized carbons (Fsp3) is 0.917. The summed E-state index contributed by atoms with van der Waals surface area (Å²) >= 11 is 5.79. The van der Waals surface area contributed by atoms with Crippen LogP contribution < -0.4 is 5.32 Å². The minimum atomic E-state index is -0.488. The largest absolute Gasteiger partial charge is 0.376 e. The average Bonchev–Trinajstić information content (AvgIpc) is 3.00. The highest BCUT2D eigenvalue weighted by Crippen LogP contribution is 2.39. The zero-order valence-corrected chi connectivity index (χ0v) is 10.7. The zero-order chi connectivity index (χ0) is 11.8. The van der Waals surface area contributed by atoms with Crippen LogP contribution >= 0.6 is 11.6 Å². The molecule has 0 spiro atoms. The van der Waals surface area contributed by atoms with Crippen LogP contribution in [0.5, 0.6) is 0 Å². The molecule has 1 N–H and O–H groups in total. The second-order valence-corrected chi connectivity index (χ2v) is 5.83. The standard InChI is InChI=1S/C12H20ClNO2/c1-12(2,7-13)11(15)14-9-5-6-16-10(9)8-3-4-8/h8-10H,3-7H2,1-2H3,(H,14,15). The average molecular weight is 246 g/mol. The van der Waals surface area contributed by atoms with Gasteiger partial charge in [0.1, 0.15) is 0 Å². The smallest absolute Gasteiger partial charge is 0.227 e. The molecule has 1 saturated carbocycles. The third kappa shape index (κ3) is 2.51. The molecule has 0 bridgehead atoms. The van der Waals surface area contributed by atoms with Crippen LogP contribution in [0.15, 0.2) is 0 Å². The number of hydrogen-bond donors (Lipinski definition) is 1. The van der Waals surface area contributed by atoms with Crippen LogP contribution in [0.25, 0.3) is 0 Å². The van der Waals surface area contributed by atoms with Gasteiger partial charge in [-0.25, -0.2) is 0 Å². The van der Waals surface area contributed by atoms with Crippen molar-refractivity contribution in [2.45, 2.75) is 45.3 Å². The monoisotopic (exact) mass is 245 g/mol. The molecule has 2 aliphatic rings. The molecule has 0 aromatic carbocycles. The Kier molecular flexibility index (Phi) is 3.45.